The molecule has 0 amide bonds. The molecule has 1 atom stereocenters. The molecule has 1 N–H and O–H groups in total. The molecule has 4 bridgehead atoms. The monoisotopic (exact) mass is 290 g/mol. The SMILES string of the molecule is CCCN(CC(NC)C12CC3CC(CC(C3)C1)C2)C1CC1. The van der Waals surface area contributed by atoms with Crippen LogP contribution in [0.4, 0.5) is 0 Å². The highest BCUT2D eigenvalue weighted by molar-refractivity contribution is 5.07. The summed E-state index contributed by atoms with van der Waals surface area (Å²) < 4.78 is 0. The molecule has 0 saturated heterocycles. The number of hydrogen-bond acceptors (Lipinski definition) is 2. The summed E-state index contributed by atoms with van der Waals surface area (Å²) in [5.74, 6) is 3.23. The molecule has 0 heterocycles. The molecule has 0 aliphatic heterocycles. The van der Waals surface area contributed by atoms with Crippen LogP contribution in [0.1, 0.15) is 64.7 Å². The normalized spacial score (nSPS) is 42.7. The minimum absolute atomic E-state index is 0.657. The van der Waals surface area contributed by atoms with Gasteiger partial charge >= 0.3 is 0 Å². The summed E-state index contributed by atoms with van der Waals surface area (Å²) in [5, 5.41) is 3.79. The number of nitrogens with zero attached hydrogens (tertiary/aromatic N) is 1. The quantitative estimate of drug-likeness (QED) is 0.769. The fraction of sp³-hybridized carbons (Fsp3) is 1.00. The predicted octanol–water partition coefficient (Wildman–Crippen LogP) is 3.67. The third-order valence-corrected chi connectivity index (χ3v) is 7.16. The minimum Gasteiger partial charge on any atom is -0.315 e. The van der Waals surface area contributed by atoms with Crippen LogP contribution in [-0.4, -0.2) is 37.1 Å². The third-order valence-electron chi connectivity index (χ3n) is 7.16. The van der Waals surface area contributed by atoms with Crippen molar-refractivity contribution in [3.63, 3.8) is 0 Å². The second kappa shape index (κ2) is 5.53. The molecule has 5 fully saturated rings. The van der Waals surface area contributed by atoms with Crippen molar-refractivity contribution < 1.29 is 0 Å². The molecular weight excluding hydrogens is 256 g/mol. The maximum Gasteiger partial charge on any atom is 0.0248 e. The fourth-order valence-electron chi connectivity index (χ4n) is 6.58. The Balaban J connectivity index is 1.49. The van der Waals surface area contributed by atoms with E-state index in [0.717, 1.165) is 29.8 Å². The fourth-order valence-corrected chi connectivity index (χ4v) is 6.58. The Hall–Kier alpha value is -0.0800. The second-order valence-electron chi connectivity index (χ2n) is 8.85. The number of hydrogen-bond donors (Lipinski definition) is 1. The molecule has 5 rings (SSSR count). The largest absolute Gasteiger partial charge is 0.315 e. The van der Waals surface area contributed by atoms with Crippen molar-refractivity contribution in [2.75, 3.05) is 20.1 Å². The van der Waals surface area contributed by atoms with Crippen LogP contribution < -0.4 is 5.32 Å². The highest BCUT2D eigenvalue weighted by atomic mass is 15.2. The molecule has 5 aliphatic rings. The van der Waals surface area contributed by atoms with E-state index in [1.807, 2.05) is 0 Å². The lowest BCUT2D eigenvalue weighted by molar-refractivity contribution is -0.0778. The van der Waals surface area contributed by atoms with Crippen molar-refractivity contribution in [2.45, 2.75) is 76.8 Å². The lowest BCUT2D eigenvalue weighted by Crippen LogP contribution is -2.58. The van der Waals surface area contributed by atoms with Gasteiger partial charge in [0.15, 0.2) is 0 Å². The molecule has 0 spiro atoms. The van der Waals surface area contributed by atoms with Gasteiger partial charge in [0.2, 0.25) is 0 Å². The molecule has 5 saturated carbocycles. The summed E-state index contributed by atoms with van der Waals surface area (Å²) in [5.41, 5.74) is 0.657. The molecule has 2 heteroatoms. The van der Waals surface area contributed by atoms with Crippen LogP contribution in [0.15, 0.2) is 0 Å². The van der Waals surface area contributed by atoms with Gasteiger partial charge in [0, 0.05) is 18.6 Å². The number of nitrogens with one attached hydrogen (secondary N) is 1. The lowest BCUT2D eigenvalue weighted by Gasteiger charge is -2.60. The van der Waals surface area contributed by atoms with Crippen LogP contribution in [0, 0.1) is 23.2 Å². The Morgan fingerprint density at radius 3 is 2.05 bits per heavy atom. The van der Waals surface area contributed by atoms with Crippen molar-refractivity contribution in [1.29, 1.82) is 0 Å². The van der Waals surface area contributed by atoms with Crippen molar-refractivity contribution in [2.24, 2.45) is 23.2 Å². The maximum atomic E-state index is 3.79. The molecule has 0 radical (unpaired) electrons. The number of likely N-dealkylation sites (N-methyl/N-ethyl adjacent to an activating group) is 1. The van der Waals surface area contributed by atoms with Gasteiger partial charge in [0.1, 0.15) is 0 Å². The van der Waals surface area contributed by atoms with E-state index in [0.29, 0.717) is 5.41 Å². The first-order chi connectivity index (χ1) is 10.2. The zero-order chi connectivity index (χ0) is 14.4. The zero-order valence-corrected chi connectivity index (χ0v) is 14.1. The molecule has 0 aromatic heterocycles. The highest BCUT2D eigenvalue weighted by Gasteiger charge is 2.54. The van der Waals surface area contributed by atoms with Gasteiger partial charge in [-0.15, -0.1) is 0 Å². The Bertz CT molecular complexity index is 338. The lowest BCUT2D eigenvalue weighted by atomic mass is 9.47. The summed E-state index contributed by atoms with van der Waals surface area (Å²) >= 11 is 0. The highest BCUT2D eigenvalue weighted by Crippen LogP contribution is 2.61. The molecule has 2 nitrogen and oxygen atoms in total. The summed E-state index contributed by atoms with van der Waals surface area (Å²) in [7, 11) is 2.24. The van der Waals surface area contributed by atoms with Gasteiger partial charge in [-0.25, -0.2) is 0 Å². The van der Waals surface area contributed by atoms with Crippen LogP contribution in [0.3, 0.4) is 0 Å². The van der Waals surface area contributed by atoms with Crippen molar-refractivity contribution >= 4 is 0 Å². The van der Waals surface area contributed by atoms with E-state index in [2.05, 4.69) is 24.2 Å². The third kappa shape index (κ3) is 2.67. The number of rotatable bonds is 7. The van der Waals surface area contributed by atoms with Crippen molar-refractivity contribution in [1.82, 2.24) is 10.2 Å². The molecule has 0 aromatic carbocycles. The second-order valence-corrected chi connectivity index (χ2v) is 8.85. The molecule has 1 unspecified atom stereocenters. The Morgan fingerprint density at radius 1 is 1.05 bits per heavy atom. The standard InChI is InChI=1S/C19H34N2/c1-3-6-21(17-4-5-17)13-18(20-2)19-10-14-7-15(11-19)9-16(8-14)12-19/h14-18,20H,3-13H2,1-2H3. The minimum atomic E-state index is 0.657. The van der Waals surface area contributed by atoms with Crippen molar-refractivity contribution in [3.8, 4) is 0 Å². The Morgan fingerprint density at radius 2 is 1.62 bits per heavy atom. The van der Waals surface area contributed by atoms with E-state index in [4.69, 9.17) is 0 Å². The van der Waals surface area contributed by atoms with Gasteiger partial charge in [0.25, 0.3) is 0 Å². The summed E-state index contributed by atoms with van der Waals surface area (Å²) in [4.78, 5) is 2.82. The summed E-state index contributed by atoms with van der Waals surface area (Å²) in [6.07, 6.45) is 13.5. The molecule has 120 valence electrons. The average Bonchev–Trinajstić information content (AvgIpc) is 3.26. The van der Waals surface area contributed by atoms with Gasteiger partial charge in [-0.3, -0.25) is 4.90 Å². The van der Waals surface area contributed by atoms with Crippen molar-refractivity contribution in [3.05, 3.63) is 0 Å². The molecule has 0 aromatic rings. The van der Waals surface area contributed by atoms with E-state index >= 15 is 0 Å². The van der Waals surface area contributed by atoms with Gasteiger partial charge in [0.05, 0.1) is 0 Å². The Labute approximate surface area is 131 Å². The first-order valence-corrected chi connectivity index (χ1v) is 9.63. The van der Waals surface area contributed by atoms with Gasteiger partial charge in [-0.2, -0.15) is 0 Å². The van der Waals surface area contributed by atoms with E-state index in [9.17, 15) is 0 Å². The topological polar surface area (TPSA) is 15.3 Å². The van der Waals surface area contributed by atoms with Crippen LogP contribution in [-0.2, 0) is 0 Å². The van der Waals surface area contributed by atoms with E-state index in [1.54, 1.807) is 19.3 Å². The first-order valence-electron chi connectivity index (χ1n) is 9.63. The molecule has 21 heavy (non-hydrogen) atoms. The Kier molecular flexibility index (Phi) is 3.82. The summed E-state index contributed by atoms with van der Waals surface area (Å²) in [6, 6.07) is 1.67. The van der Waals surface area contributed by atoms with Gasteiger partial charge in [-0.05, 0) is 94.5 Å². The first kappa shape index (κ1) is 14.5. The smallest absolute Gasteiger partial charge is 0.0248 e. The van der Waals surface area contributed by atoms with Gasteiger partial charge in [-0.1, -0.05) is 6.92 Å². The zero-order valence-electron chi connectivity index (χ0n) is 14.1. The maximum absolute atomic E-state index is 3.79. The van der Waals surface area contributed by atoms with Gasteiger partial charge < -0.3 is 5.32 Å². The van der Waals surface area contributed by atoms with E-state index < -0.39 is 0 Å². The van der Waals surface area contributed by atoms with Crippen LogP contribution >= 0.6 is 0 Å². The predicted molar refractivity (Wildman–Crippen MR) is 88.3 cm³/mol. The molecule has 5 aliphatic carbocycles. The van der Waals surface area contributed by atoms with E-state index in [-0.39, 0.29) is 0 Å². The molecular formula is C19H34N2. The average molecular weight is 290 g/mol. The van der Waals surface area contributed by atoms with Crippen LogP contribution in [0.2, 0.25) is 0 Å². The summed E-state index contributed by atoms with van der Waals surface area (Å²) in [6.45, 7) is 4.98. The van der Waals surface area contributed by atoms with Crippen LogP contribution in [0.5, 0.6) is 0 Å². The van der Waals surface area contributed by atoms with E-state index in [1.165, 1.54) is 51.6 Å². The van der Waals surface area contributed by atoms with Crippen LogP contribution in [0.25, 0.3) is 0 Å².